The average molecular weight is 597 g/mol. The number of hydrogen-bond acceptors (Lipinski definition) is 7. The Kier molecular flexibility index (Phi) is 8.37. The van der Waals surface area contributed by atoms with Crippen LogP contribution in [0.1, 0.15) is 31.4 Å². The number of alkyl halides is 3. The second-order valence-corrected chi connectivity index (χ2v) is 11.2. The molecule has 4 N–H and O–H groups in total. The van der Waals surface area contributed by atoms with Crippen LogP contribution >= 0.6 is 11.9 Å². The first kappa shape index (κ1) is 29.3. The fraction of sp³-hybridized carbons (Fsp3) is 0.233. The number of fused-ring (bicyclic) bond motifs is 4. The number of benzene rings is 3. The highest BCUT2D eigenvalue weighted by molar-refractivity contribution is 7.97. The molecule has 1 aliphatic heterocycles. The molecule has 4 aromatic rings. The highest BCUT2D eigenvalue weighted by Crippen LogP contribution is 2.38. The molecule has 0 saturated heterocycles. The smallest absolute Gasteiger partial charge is 0.369 e. The second kappa shape index (κ2) is 12.0. The molecule has 7 nitrogen and oxygen atoms in total. The van der Waals surface area contributed by atoms with Gasteiger partial charge in [-0.2, -0.15) is 18.2 Å². The summed E-state index contributed by atoms with van der Waals surface area (Å²) in [6.45, 7) is 4.08. The van der Waals surface area contributed by atoms with Crippen molar-refractivity contribution in [2.24, 2.45) is 0 Å². The summed E-state index contributed by atoms with van der Waals surface area (Å²) in [4.78, 5) is 23.2. The van der Waals surface area contributed by atoms with Crippen LogP contribution in [0.2, 0.25) is 0 Å². The molecule has 0 atom stereocenters. The Balaban J connectivity index is 1.40. The second-order valence-electron chi connectivity index (χ2n) is 10.2. The Labute approximate surface area is 244 Å². The Hall–Kier alpha value is -4.16. The van der Waals surface area contributed by atoms with Gasteiger partial charge in [-0.15, -0.1) is 0 Å². The number of rotatable bonds is 4. The maximum absolute atomic E-state index is 15.3. The molecule has 5 rings (SSSR count). The Morgan fingerprint density at radius 3 is 2.52 bits per heavy atom. The summed E-state index contributed by atoms with van der Waals surface area (Å²) < 4.78 is 59.5. The number of halogens is 4. The van der Waals surface area contributed by atoms with Crippen LogP contribution < -0.4 is 20.7 Å². The summed E-state index contributed by atoms with van der Waals surface area (Å²) in [6.07, 6.45) is -2.26. The summed E-state index contributed by atoms with van der Waals surface area (Å²) in [7, 11) is 0. The lowest BCUT2D eigenvalue weighted by Gasteiger charge is -2.27. The molecule has 3 aromatic carbocycles. The van der Waals surface area contributed by atoms with Gasteiger partial charge < -0.3 is 16.0 Å². The van der Waals surface area contributed by atoms with Gasteiger partial charge in [0.05, 0.1) is 16.7 Å². The van der Waals surface area contributed by atoms with E-state index in [-0.39, 0.29) is 11.3 Å². The van der Waals surface area contributed by atoms with Crippen LogP contribution in [0, 0.1) is 5.82 Å². The van der Waals surface area contributed by atoms with Gasteiger partial charge in [-0.1, -0.05) is 30.3 Å². The van der Waals surface area contributed by atoms with E-state index in [2.05, 4.69) is 30.6 Å². The number of hydrogen-bond donors (Lipinski definition) is 4. The van der Waals surface area contributed by atoms with Gasteiger partial charge in [-0.25, -0.2) is 9.37 Å². The van der Waals surface area contributed by atoms with Gasteiger partial charge in [0.15, 0.2) is 0 Å². The maximum Gasteiger partial charge on any atom is 0.416 e. The van der Waals surface area contributed by atoms with Crippen LogP contribution in [-0.4, -0.2) is 29.0 Å². The molecule has 0 aliphatic carbocycles. The molecule has 42 heavy (non-hydrogen) atoms. The molecule has 1 amide bonds. The third kappa shape index (κ3) is 6.50. The van der Waals surface area contributed by atoms with Crippen molar-refractivity contribution in [1.29, 1.82) is 0 Å². The zero-order valence-electron chi connectivity index (χ0n) is 22.8. The van der Waals surface area contributed by atoms with Gasteiger partial charge in [-0.3, -0.25) is 9.52 Å². The summed E-state index contributed by atoms with van der Waals surface area (Å²) in [5.41, 5.74) is -1.06. The molecule has 1 aliphatic rings. The first-order chi connectivity index (χ1) is 20.0. The van der Waals surface area contributed by atoms with Gasteiger partial charge >= 0.3 is 6.18 Å². The SMILES string of the molecule is CC(C)(C(=O)Nc1ccc(-c2cnc3nc2NCCCNSc2cccc(c2)N3)cc1F)c1ccccc1C(F)(F)F. The van der Waals surface area contributed by atoms with Gasteiger partial charge in [-0.05, 0) is 79.7 Å². The fourth-order valence-corrected chi connectivity index (χ4v) is 5.26. The number of anilines is 4. The molecular formula is C30H28F4N6OS. The third-order valence-electron chi connectivity index (χ3n) is 6.82. The van der Waals surface area contributed by atoms with Crippen molar-refractivity contribution in [2.75, 3.05) is 29.0 Å². The summed E-state index contributed by atoms with van der Waals surface area (Å²) in [5, 5.41) is 8.95. The minimum absolute atomic E-state index is 0.156. The van der Waals surface area contributed by atoms with Gasteiger partial charge in [0.25, 0.3) is 0 Å². The summed E-state index contributed by atoms with van der Waals surface area (Å²) >= 11 is 1.53. The number of aromatic nitrogens is 2. The molecule has 2 heterocycles. The average Bonchev–Trinajstić information content (AvgIpc) is 2.96. The van der Waals surface area contributed by atoms with E-state index in [0.717, 1.165) is 29.6 Å². The minimum atomic E-state index is -4.64. The Morgan fingerprint density at radius 2 is 1.76 bits per heavy atom. The van der Waals surface area contributed by atoms with Crippen LogP contribution in [0.4, 0.5) is 40.7 Å². The molecule has 0 fully saturated rings. The van der Waals surface area contributed by atoms with E-state index in [9.17, 15) is 18.0 Å². The molecule has 12 heteroatoms. The molecule has 0 radical (unpaired) electrons. The highest BCUT2D eigenvalue weighted by Gasteiger charge is 2.40. The van der Waals surface area contributed by atoms with E-state index in [4.69, 9.17) is 0 Å². The van der Waals surface area contributed by atoms with E-state index in [0.29, 0.717) is 29.4 Å². The van der Waals surface area contributed by atoms with Crippen molar-refractivity contribution in [3.8, 4) is 11.1 Å². The molecule has 0 unspecified atom stereocenters. The monoisotopic (exact) mass is 596 g/mol. The van der Waals surface area contributed by atoms with Crippen molar-refractivity contribution in [3.63, 3.8) is 0 Å². The van der Waals surface area contributed by atoms with Crippen LogP contribution in [0.3, 0.4) is 0 Å². The largest absolute Gasteiger partial charge is 0.416 e. The van der Waals surface area contributed by atoms with E-state index in [1.807, 2.05) is 24.3 Å². The number of carbonyl (C=O) groups excluding carboxylic acids is 1. The quantitative estimate of drug-likeness (QED) is 0.144. The van der Waals surface area contributed by atoms with E-state index >= 15 is 4.39 Å². The summed E-state index contributed by atoms with van der Waals surface area (Å²) in [5.74, 6) is -0.670. The minimum Gasteiger partial charge on any atom is -0.369 e. The third-order valence-corrected chi connectivity index (χ3v) is 7.66. The highest BCUT2D eigenvalue weighted by atomic mass is 32.2. The van der Waals surface area contributed by atoms with E-state index in [1.165, 1.54) is 56.1 Å². The van der Waals surface area contributed by atoms with Gasteiger partial charge in [0, 0.05) is 35.4 Å². The van der Waals surface area contributed by atoms with Crippen LogP contribution in [0.15, 0.2) is 77.8 Å². The molecular weight excluding hydrogens is 568 g/mol. The number of carbonyl (C=O) groups is 1. The van der Waals surface area contributed by atoms with Crippen molar-refractivity contribution < 1.29 is 22.4 Å². The zero-order chi connectivity index (χ0) is 29.9. The predicted octanol–water partition coefficient (Wildman–Crippen LogP) is 7.37. The normalized spacial score (nSPS) is 14.0. The topological polar surface area (TPSA) is 91.0 Å². The number of nitrogens with one attached hydrogen (secondary N) is 4. The molecule has 0 spiro atoms. The van der Waals surface area contributed by atoms with Gasteiger partial charge in [0.2, 0.25) is 11.9 Å². The lowest BCUT2D eigenvalue weighted by Crippen LogP contribution is -2.36. The standard InChI is InChI=1S/C30H28F4N6OS/c1-29(2,22-9-3-4-10-23(22)30(32,33)34)27(41)39-25-12-11-18(15-24(25)31)21-17-36-28-38-19-7-5-8-20(16-19)42-37-14-6-13-35-26(21)40-28/h3-5,7-12,15-17,37H,6,13-14H2,1-2H3,(H,39,41)(H2,35,36,38,40). The molecule has 218 valence electrons. The Bertz CT molecular complexity index is 1610. The van der Waals surface area contributed by atoms with Crippen molar-refractivity contribution >= 4 is 41.0 Å². The van der Waals surface area contributed by atoms with Crippen LogP contribution in [0.5, 0.6) is 0 Å². The van der Waals surface area contributed by atoms with Crippen LogP contribution in [-0.2, 0) is 16.4 Å². The lowest BCUT2D eigenvalue weighted by atomic mass is 9.80. The Morgan fingerprint density at radius 1 is 0.976 bits per heavy atom. The van der Waals surface area contributed by atoms with Crippen LogP contribution in [0.25, 0.3) is 11.1 Å². The van der Waals surface area contributed by atoms with Crippen molar-refractivity contribution in [2.45, 2.75) is 36.8 Å². The molecule has 0 saturated carbocycles. The number of amides is 1. The van der Waals surface area contributed by atoms with E-state index < -0.39 is 28.9 Å². The van der Waals surface area contributed by atoms with Crippen molar-refractivity contribution in [3.05, 3.63) is 89.9 Å². The maximum atomic E-state index is 15.3. The van der Waals surface area contributed by atoms with Crippen molar-refractivity contribution in [1.82, 2.24) is 14.7 Å². The van der Waals surface area contributed by atoms with E-state index in [1.54, 1.807) is 12.3 Å². The number of nitrogens with zero attached hydrogens (tertiary/aromatic N) is 2. The first-order valence-electron chi connectivity index (χ1n) is 13.2. The van der Waals surface area contributed by atoms with Gasteiger partial charge in [0.1, 0.15) is 11.6 Å². The lowest BCUT2D eigenvalue weighted by molar-refractivity contribution is -0.139. The summed E-state index contributed by atoms with van der Waals surface area (Å²) in [6, 6.07) is 16.9. The zero-order valence-corrected chi connectivity index (χ0v) is 23.6. The predicted molar refractivity (Wildman–Crippen MR) is 157 cm³/mol. The fourth-order valence-electron chi connectivity index (χ4n) is 4.52. The first-order valence-corrected chi connectivity index (χ1v) is 14.0. The molecule has 1 aromatic heterocycles. The molecule has 4 bridgehead atoms.